The van der Waals surface area contributed by atoms with Gasteiger partial charge in [0, 0.05) is 24.5 Å². The van der Waals surface area contributed by atoms with Crippen LogP contribution in [0.5, 0.6) is 0 Å². The lowest BCUT2D eigenvalue weighted by atomic mass is 9.81. The van der Waals surface area contributed by atoms with Crippen molar-refractivity contribution in [2.45, 2.75) is 18.9 Å². The van der Waals surface area contributed by atoms with Gasteiger partial charge in [-0.1, -0.05) is 12.2 Å². The summed E-state index contributed by atoms with van der Waals surface area (Å²) in [6, 6.07) is 0. The number of allylic oxidation sites excluding steroid dienone is 1. The van der Waals surface area contributed by atoms with Crippen molar-refractivity contribution in [3.8, 4) is 0 Å². The van der Waals surface area contributed by atoms with Crippen LogP contribution in [-0.4, -0.2) is 36.7 Å². The predicted octanol–water partition coefficient (Wildman–Crippen LogP) is 1.53. The zero-order chi connectivity index (χ0) is 13.4. The molecule has 1 N–H and O–H groups in total. The summed E-state index contributed by atoms with van der Waals surface area (Å²) in [7, 11) is 1.58. The molecule has 0 bridgehead atoms. The number of carbonyl (C=O) groups excluding carboxylic acids is 1. The van der Waals surface area contributed by atoms with Gasteiger partial charge in [-0.3, -0.25) is 5.10 Å². The Labute approximate surface area is 110 Å². The summed E-state index contributed by atoms with van der Waals surface area (Å²) in [6.45, 7) is 2.34. The molecule has 0 amide bonds. The van der Waals surface area contributed by atoms with Gasteiger partial charge in [0.05, 0.1) is 12.3 Å². The molecular weight excluding hydrogens is 248 g/mol. The number of aromatic nitrogens is 2. The number of hydrogen-bond donors (Lipinski definition) is 1. The molecule has 6 heteroatoms. The van der Waals surface area contributed by atoms with Gasteiger partial charge in [0.1, 0.15) is 12.9 Å². The number of H-pyrrole nitrogens is 1. The number of carbonyl (C=O) groups is 1. The lowest BCUT2D eigenvalue weighted by molar-refractivity contribution is -0.0871. The van der Waals surface area contributed by atoms with E-state index < -0.39 is 0 Å². The standard InChI is InChI=1S/C13H16N2O4/c1-3-18-13(16)11-9-7-4-5-8(7)12(19-6-17-2)10(9)14-15-11/h4-5,7-8,12H,3,6H2,1-2H3,(H,14,15)/t7-,8+,12?/m0/s1. The average molecular weight is 264 g/mol. The summed E-state index contributed by atoms with van der Waals surface area (Å²) < 4.78 is 15.6. The summed E-state index contributed by atoms with van der Waals surface area (Å²) in [6.07, 6.45) is 4.03. The molecule has 1 heterocycles. The van der Waals surface area contributed by atoms with Crippen molar-refractivity contribution in [1.82, 2.24) is 10.2 Å². The monoisotopic (exact) mass is 264 g/mol. The molecule has 0 aliphatic heterocycles. The van der Waals surface area contributed by atoms with Gasteiger partial charge >= 0.3 is 5.97 Å². The van der Waals surface area contributed by atoms with Crippen molar-refractivity contribution < 1.29 is 19.0 Å². The predicted molar refractivity (Wildman–Crippen MR) is 65.6 cm³/mol. The molecule has 0 saturated carbocycles. The maximum absolute atomic E-state index is 11.9. The summed E-state index contributed by atoms with van der Waals surface area (Å²) >= 11 is 0. The van der Waals surface area contributed by atoms with Gasteiger partial charge in [0.25, 0.3) is 0 Å². The molecule has 2 aliphatic rings. The zero-order valence-electron chi connectivity index (χ0n) is 10.9. The fourth-order valence-electron chi connectivity index (χ4n) is 2.73. The van der Waals surface area contributed by atoms with Gasteiger partial charge in [-0.05, 0) is 6.92 Å². The Bertz CT molecular complexity index is 523. The van der Waals surface area contributed by atoms with Crippen LogP contribution in [0.15, 0.2) is 12.2 Å². The molecule has 3 rings (SSSR count). The van der Waals surface area contributed by atoms with Crippen LogP contribution in [0.3, 0.4) is 0 Å². The van der Waals surface area contributed by atoms with E-state index in [4.69, 9.17) is 14.2 Å². The molecule has 2 aliphatic carbocycles. The Morgan fingerprint density at radius 2 is 2.32 bits per heavy atom. The molecule has 19 heavy (non-hydrogen) atoms. The third kappa shape index (κ3) is 1.79. The van der Waals surface area contributed by atoms with E-state index in [0.29, 0.717) is 12.3 Å². The molecule has 0 aromatic carbocycles. The molecule has 6 nitrogen and oxygen atoms in total. The first kappa shape index (κ1) is 12.4. The number of rotatable bonds is 5. The van der Waals surface area contributed by atoms with Crippen molar-refractivity contribution in [3.05, 3.63) is 29.1 Å². The van der Waals surface area contributed by atoms with Crippen LogP contribution >= 0.6 is 0 Å². The largest absolute Gasteiger partial charge is 0.461 e. The average Bonchev–Trinajstić information content (AvgIpc) is 2.84. The molecule has 0 spiro atoms. The van der Waals surface area contributed by atoms with E-state index >= 15 is 0 Å². The molecule has 102 valence electrons. The van der Waals surface area contributed by atoms with Gasteiger partial charge in [-0.25, -0.2) is 4.79 Å². The van der Waals surface area contributed by atoms with E-state index in [1.807, 2.05) is 0 Å². The van der Waals surface area contributed by atoms with E-state index in [-0.39, 0.29) is 30.7 Å². The number of methoxy groups -OCH3 is 1. The Morgan fingerprint density at radius 1 is 1.47 bits per heavy atom. The van der Waals surface area contributed by atoms with Crippen molar-refractivity contribution in [1.29, 1.82) is 0 Å². The van der Waals surface area contributed by atoms with Crippen LogP contribution < -0.4 is 0 Å². The molecule has 0 fully saturated rings. The molecule has 1 unspecified atom stereocenters. The van der Waals surface area contributed by atoms with Gasteiger partial charge < -0.3 is 14.2 Å². The Hall–Kier alpha value is -1.66. The third-order valence-corrected chi connectivity index (χ3v) is 3.59. The maximum Gasteiger partial charge on any atom is 0.359 e. The van der Waals surface area contributed by atoms with Crippen LogP contribution in [0.25, 0.3) is 0 Å². The number of esters is 1. The number of hydrogen-bond acceptors (Lipinski definition) is 5. The quantitative estimate of drug-likeness (QED) is 0.496. The fourth-order valence-corrected chi connectivity index (χ4v) is 2.73. The molecular formula is C13H16N2O4. The highest BCUT2D eigenvalue weighted by molar-refractivity contribution is 5.90. The van der Waals surface area contributed by atoms with Crippen LogP contribution in [0.4, 0.5) is 0 Å². The maximum atomic E-state index is 11.9. The minimum atomic E-state index is -0.383. The van der Waals surface area contributed by atoms with Crippen molar-refractivity contribution >= 4 is 5.97 Å². The first-order valence-electron chi connectivity index (χ1n) is 6.32. The second-order valence-electron chi connectivity index (χ2n) is 4.60. The second-order valence-corrected chi connectivity index (χ2v) is 4.60. The summed E-state index contributed by atoms with van der Waals surface area (Å²) in [5.41, 5.74) is 2.15. The molecule has 0 saturated heterocycles. The van der Waals surface area contributed by atoms with Gasteiger partial charge in [-0.2, -0.15) is 5.10 Å². The summed E-state index contributed by atoms with van der Waals surface area (Å²) in [5, 5.41) is 6.99. The van der Waals surface area contributed by atoms with Crippen LogP contribution in [0, 0.1) is 5.92 Å². The highest BCUT2D eigenvalue weighted by atomic mass is 16.7. The van der Waals surface area contributed by atoms with Crippen LogP contribution in [0.2, 0.25) is 0 Å². The lowest BCUT2D eigenvalue weighted by Gasteiger charge is -2.27. The number of nitrogens with zero attached hydrogens (tertiary/aromatic N) is 1. The minimum absolute atomic E-state index is 0.124. The summed E-state index contributed by atoms with van der Waals surface area (Å²) in [5.74, 6) is 0.0639. The molecule has 1 aromatic heterocycles. The minimum Gasteiger partial charge on any atom is -0.461 e. The van der Waals surface area contributed by atoms with E-state index in [2.05, 4.69) is 22.3 Å². The topological polar surface area (TPSA) is 73.4 Å². The first-order chi connectivity index (χ1) is 9.27. The van der Waals surface area contributed by atoms with Crippen LogP contribution in [-0.2, 0) is 14.2 Å². The van der Waals surface area contributed by atoms with Gasteiger partial charge in [0.2, 0.25) is 0 Å². The highest BCUT2D eigenvalue weighted by Gasteiger charge is 2.47. The van der Waals surface area contributed by atoms with E-state index in [9.17, 15) is 4.79 Å². The van der Waals surface area contributed by atoms with E-state index in [0.717, 1.165) is 11.3 Å². The Balaban J connectivity index is 1.90. The van der Waals surface area contributed by atoms with Crippen LogP contribution in [0.1, 0.15) is 40.7 Å². The van der Waals surface area contributed by atoms with E-state index in [1.54, 1.807) is 14.0 Å². The fraction of sp³-hybridized carbons (Fsp3) is 0.538. The highest BCUT2D eigenvalue weighted by Crippen LogP contribution is 2.53. The Morgan fingerprint density at radius 3 is 2.95 bits per heavy atom. The summed E-state index contributed by atoms with van der Waals surface area (Å²) in [4.78, 5) is 11.9. The smallest absolute Gasteiger partial charge is 0.359 e. The SMILES string of the molecule is CCOC(=O)c1n[nH]c2c1[C@H]1C=C[C@H]1C2OCOC. The second kappa shape index (κ2) is 4.79. The van der Waals surface area contributed by atoms with Crippen molar-refractivity contribution in [2.24, 2.45) is 5.92 Å². The molecule has 1 aromatic rings. The lowest BCUT2D eigenvalue weighted by Crippen LogP contribution is -2.20. The molecule has 3 atom stereocenters. The Kier molecular flexibility index (Phi) is 3.12. The zero-order valence-corrected chi connectivity index (χ0v) is 10.9. The van der Waals surface area contributed by atoms with Crippen molar-refractivity contribution in [2.75, 3.05) is 20.5 Å². The molecule has 0 radical (unpaired) electrons. The number of aromatic amines is 1. The van der Waals surface area contributed by atoms with Gasteiger partial charge in [0.15, 0.2) is 5.69 Å². The normalized spacial score (nSPS) is 26.7. The number of fused-ring (bicyclic) bond motifs is 3. The third-order valence-electron chi connectivity index (χ3n) is 3.59. The van der Waals surface area contributed by atoms with Crippen molar-refractivity contribution in [3.63, 3.8) is 0 Å². The number of nitrogens with one attached hydrogen (secondary N) is 1. The first-order valence-corrected chi connectivity index (χ1v) is 6.32. The number of ether oxygens (including phenoxy) is 3. The van der Waals surface area contributed by atoms with E-state index in [1.165, 1.54) is 0 Å². The van der Waals surface area contributed by atoms with Gasteiger partial charge in [-0.15, -0.1) is 0 Å².